The van der Waals surface area contributed by atoms with Crippen molar-refractivity contribution in [2.75, 3.05) is 13.1 Å². The van der Waals surface area contributed by atoms with Gasteiger partial charge < -0.3 is 10.3 Å². The average Bonchev–Trinajstić information content (AvgIpc) is 3.35. The second kappa shape index (κ2) is 8.51. The van der Waals surface area contributed by atoms with E-state index in [-0.39, 0.29) is 11.4 Å². The Kier molecular flexibility index (Phi) is 5.42. The maximum absolute atomic E-state index is 13.4. The van der Waals surface area contributed by atoms with E-state index in [0.717, 1.165) is 60.2 Å². The van der Waals surface area contributed by atoms with Gasteiger partial charge in [0.2, 0.25) is 5.95 Å². The van der Waals surface area contributed by atoms with Gasteiger partial charge in [0.25, 0.3) is 5.56 Å². The molecule has 2 aromatic carbocycles. The number of aromatic nitrogens is 4. The summed E-state index contributed by atoms with van der Waals surface area (Å²) >= 11 is 0. The lowest BCUT2D eigenvalue weighted by Crippen LogP contribution is -2.31. The molecule has 1 aliphatic heterocycles. The molecule has 0 radical (unpaired) electrons. The van der Waals surface area contributed by atoms with Crippen LogP contribution >= 0.6 is 0 Å². The van der Waals surface area contributed by atoms with Crippen LogP contribution in [-0.2, 0) is 19.3 Å². The summed E-state index contributed by atoms with van der Waals surface area (Å²) in [6.45, 7) is 2.03. The number of aryl methyl sites for hydroxylation is 1. The normalized spacial score (nSPS) is 16.7. The maximum atomic E-state index is 13.4. The van der Waals surface area contributed by atoms with E-state index in [2.05, 4.69) is 20.4 Å². The summed E-state index contributed by atoms with van der Waals surface area (Å²) in [6, 6.07) is 14.2. The van der Waals surface area contributed by atoms with Crippen molar-refractivity contribution in [2.45, 2.75) is 32.1 Å². The SMILES string of the molecule is O=c1c(CCc2ccc(F)cc2)c(CC2CCCNC2)[nH]n1-c1nc2ccccc2[nH]1. The number of fused-ring (bicyclic) bond motifs is 1. The first-order valence-electron chi connectivity index (χ1n) is 10.9. The van der Waals surface area contributed by atoms with E-state index in [4.69, 9.17) is 0 Å². The highest BCUT2D eigenvalue weighted by molar-refractivity contribution is 5.75. The second-order valence-corrected chi connectivity index (χ2v) is 8.33. The minimum Gasteiger partial charge on any atom is -0.322 e. The number of aromatic amines is 2. The number of halogens is 1. The molecule has 160 valence electrons. The van der Waals surface area contributed by atoms with Crippen molar-refractivity contribution in [1.82, 2.24) is 25.1 Å². The zero-order valence-electron chi connectivity index (χ0n) is 17.3. The van der Waals surface area contributed by atoms with Crippen LogP contribution in [0.25, 0.3) is 17.0 Å². The van der Waals surface area contributed by atoms with Crippen LogP contribution in [0.2, 0.25) is 0 Å². The van der Waals surface area contributed by atoms with Gasteiger partial charge in [-0.25, -0.2) is 9.37 Å². The Bertz CT molecular complexity index is 1200. The first kappa shape index (κ1) is 19.8. The van der Waals surface area contributed by atoms with Gasteiger partial charge in [-0.1, -0.05) is 24.3 Å². The van der Waals surface area contributed by atoms with Crippen LogP contribution in [0.4, 0.5) is 4.39 Å². The zero-order chi connectivity index (χ0) is 21.2. The zero-order valence-corrected chi connectivity index (χ0v) is 17.3. The number of hydrogen-bond donors (Lipinski definition) is 3. The highest BCUT2D eigenvalue weighted by Gasteiger charge is 2.21. The second-order valence-electron chi connectivity index (χ2n) is 8.33. The number of piperidine rings is 1. The molecule has 3 heterocycles. The quantitative estimate of drug-likeness (QED) is 0.448. The molecular formula is C24H26FN5O. The minimum absolute atomic E-state index is 0.0695. The van der Waals surface area contributed by atoms with E-state index in [1.54, 1.807) is 12.1 Å². The minimum atomic E-state index is -0.247. The molecule has 0 aliphatic carbocycles. The third kappa shape index (κ3) is 4.18. The molecule has 5 rings (SSSR count). The monoisotopic (exact) mass is 419 g/mol. The highest BCUT2D eigenvalue weighted by atomic mass is 19.1. The van der Waals surface area contributed by atoms with E-state index >= 15 is 0 Å². The van der Waals surface area contributed by atoms with Crippen LogP contribution in [0, 0.1) is 11.7 Å². The molecule has 0 bridgehead atoms. The number of H-pyrrole nitrogens is 2. The first-order valence-corrected chi connectivity index (χ1v) is 10.9. The van der Waals surface area contributed by atoms with Crippen LogP contribution in [0.15, 0.2) is 53.3 Å². The fourth-order valence-electron chi connectivity index (χ4n) is 4.45. The number of hydrogen-bond acceptors (Lipinski definition) is 3. The van der Waals surface area contributed by atoms with Crippen molar-refractivity contribution in [3.63, 3.8) is 0 Å². The fraction of sp³-hybridized carbons (Fsp3) is 0.333. The molecule has 31 heavy (non-hydrogen) atoms. The number of rotatable bonds is 6. The van der Waals surface area contributed by atoms with Gasteiger partial charge in [0.15, 0.2) is 0 Å². The summed E-state index contributed by atoms with van der Waals surface area (Å²) in [7, 11) is 0. The summed E-state index contributed by atoms with van der Waals surface area (Å²) in [6.07, 6.45) is 4.42. The molecule has 6 nitrogen and oxygen atoms in total. The van der Waals surface area contributed by atoms with Crippen LogP contribution in [0.1, 0.15) is 29.7 Å². The van der Waals surface area contributed by atoms with E-state index in [0.29, 0.717) is 24.7 Å². The number of imidazole rings is 1. The molecule has 1 unspecified atom stereocenters. The molecule has 1 aliphatic rings. The average molecular weight is 420 g/mol. The van der Waals surface area contributed by atoms with E-state index in [9.17, 15) is 9.18 Å². The van der Waals surface area contributed by atoms with Gasteiger partial charge in [0.05, 0.1) is 11.0 Å². The van der Waals surface area contributed by atoms with Crippen molar-refractivity contribution < 1.29 is 4.39 Å². The molecule has 1 saturated heterocycles. The standard InChI is InChI=1S/C24H26FN5O/c25-18-10-7-16(8-11-18)9-12-19-22(14-17-4-3-13-26-15-17)29-30(23(19)31)24-27-20-5-1-2-6-21(20)28-24/h1-2,5-8,10-11,17,26,29H,3-4,9,12-15H2,(H,27,28). The summed E-state index contributed by atoms with van der Waals surface area (Å²) in [4.78, 5) is 21.2. The van der Waals surface area contributed by atoms with Crippen LogP contribution in [0.5, 0.6) is 0 Å². The van der Waals surface area contributed by atoms with E-state index in [1.165, 1.54) is 16.8 Å². The van der Waals surface area contributed by atoms with Gasteiger partial charge >= 0.3 is 0 Å². The number of para-hydroxylation sites is 2. The van der Waals surface area contributed by atoms with E-state index < -0.39 is 0 Å². The summed E-state index contributed by atoms with van der Waals surface area (Å²) in [5.74, 6) is 0.755. The van der Waals surface area contributed by atoms with Crippen LogP contribution < -0.4 is 10.9 Å². The Balaban J connectivity index is 1.48. The van der Waals surface area contributed by atoms with E-state index in [1.807, 2.05) is 24.3 Å². The molecule has 4 aromatic rings. The Morgan fingerprint density at radius 1 is 1.10 bits per heavy atom. The molecule has 0 saturated carbocycles. The van der Waals surface area contributed by atoms with Gasteiger partial charge in [-0.2, -0.15) is 4.68 Å². The Labute approximate surface area is 179 Å². The van der Waals surface area contributed by atoms with Gasteiger partial charge in [-0.3, -0.25) is 9.89 Å². The summed E-state index contributed by atoms with van der Waals surface area (Å²) in [5.41, 5.74) is 4.42. The maximum Gasteiger partial charge on any atom is 0.277 e. The van der Waals surface area contributed by atoms with Gasteiger partial charge in [-0.05, 0) is 80.9 Å². The molecular weight excluding hydrogens is 393 g/mol. The predicted octanol–water partition coefficient (Wildman–Crippen LogP) is 3.51. The summed E-state index contributed by atoms with van der Waals surface area (Å²) < 4.78 is 14.8. The molecule has 1 atom stereocenters. The Hall–Kier alpha value is -3.19. The lowest BCUT2D eigenvalue weighted by molar-refractivity contribution is 0.372. The predicted molar refractivity (Wildman–Crippen MR) is 119 cm³/mol. The molecule has 0 spiro atoms. The van der Waals surface area contributed by atoms with Gasteiger partial charge in [0.1, 0.15) is 5.82 Å². The lowest BCUT2D eigenvalue weighted by atomic mass is 9.92. The molecule has 2 aromatic heterocycles. The highest BCUT2D eigenvalue weighted by Crippen LogP contribution is 2.19. The fourth-order valence-corrected chi connectivity index (χ4v) is 4.45. The van der Waals surface area contributed by atoms with Crippen molar-refractivity contribution >= 4 is 11.0 Å². The third-order valence-electron chi connectivity index (χ3n) is 6.13. The van der Waals surface area contributed by atoms with Crippen molar-refractivity contribution in [1.29, 1.82) is 0 Å². The van der Waals surface area contributed by atoms with Gasteiger partial charge in [-0.15, -0.1) is 0 Å². The molecule has 3 N–H and O–H groups in total. The topological polar surface area (TPSA) is 78.5 Å². The molecule has 7 heteroatoms. The third-order valence-corrected chi connectivity index (χ3v) is 6.13. The lowest BCUT2D eigenvalue weighted by Gasteiger charge is -2.22. The molecule has 0 amide bonds. The van der Waals surface area contributed by atoms with Crippen molar-refractivity contribution in [2.24, 2.45) is 5.92 Å². The smallest absolute Gasteiger partial charge is 0.277 e. The number of nitrogens with one attached hydrogen (secondary N) is 3. The Morgan fingerprint density at radius 2 is 1.94 bits per heavy atom. The van der Waals surface area contributed by atoms with Crippen molar-refractivity contribution in [3.05, 3.63) is 81.5 Å². The largest absolute Gasteiger partial charge is 0.322 e. The number of benzene rings is 2. The Morgan fingerprint density at radius 3 is 2.71 bits per heavy atom. The van der Waals surface area contributed by atoms with Crippen molar-refractivity contribution in [3.8, 4) is 5.95 Å². The molecule has 1 fully saturated rings. The summed E-state index contributed by atoms with van der Waals surface area (Å²) in [5, 5.41) is 6.80. The first-order chi connectivity index (χ1) is 15.2. The van der Waals surface area contributed by atoms with Crippen LogP contribution in [-0.4, -0.2) is 32.8 Å². The number of nitrogens with zero attached hydrogens (tertiary/aromatic N) is 2. The van der Waals surface area contributed by atoms with Crippen LogP contribution in [0.3, 0.4) is 0 Å². The van der Waals surface area contributed by atoms with Gasteiger partial charge in [0, 0.05) is 11.3 Å².